The summed E-state index contributed by atoms with van der Waals surface area (Å²) in [5.41, 5.74) is 2.08. The molecule has 1 heterocycles. The Morgan fingerprint density at radius 1 is 1.31 bits per heavy atom. The molecule has 84 valence electrons. The molecule has 3 nitrogen and oxygen atoms in total. The van der Waals surface area contributed by atoms with Crippen molar-refractivity contribution in [3.8, 4) is 11.3 Å². The van der Waals surface area contributed by atoms with Crippen molar-refractivity contribution < 1.29 is 0 Å². The maximum Gasteiger partial charge on any atom is 0.148 e. The number of aromatic nitrogens is 2. The topological polar surface area (TPSA) is 40.7 Å². The van der Waals surface area contributed by atoms with Crippen LogP contribution < -0.4 is 5.32 Å². The van der Waals surface area contributed by atoms with Crippen LogP contribution >= 0.6 is 11.6 Å². The van der Waals surface area contributed by atoms with E-state index in [2.05, 4.69) is 22.4 Å². The van der Waals surface area contributed by atoms with Crippen molar-refractivity contribution in [2.45, 2.75) is 13.3 Å². The number of hydrogen-bond donors (Lipinski definition) is 2. The summed E-state index contributed by atoms with van der Waals surface area (Å²) in [5, 5.41) is 11.1. The Morgan fingerprint density at radius 2 is 2.06 bits per heavy atom. The summed E-state index contributed by atoms with van der Waals surface area (Å²) >= 11 is 5.83. The number of hydrogen-bond acceptors (Lipinski definition) is 2. The van der Waals surface area contributed by atoms with Gasteiger partial charge in [0, 0.05) is 17.6 Å². The lowest BCUT2D eigenvalue weighted by molar-refractivity contribution is 0.961. The van der Waals surface area contributed by atoms with E-state index in [1.165, 1.54) is 0 Å². The predicted molar refractivity (Wildman–Crippen MR) is 67.8 cm³/mol. The predicted octanol–water partition coefficient (Wildman–Crippen LogP) is 3.55. The molecule has 0 aliphatic heterocycles. The molecular weight excluding hydrogens is 222 g/mol. The van der Waals surface area contributed by atoms with E-state index in [1.807, 2.05) is 30.3 Å². The van der Waals surface area contributed by atoms with Gasteiger partial charge < -0.3 is 5.32 Å². The van der Waals surface area contributed by atoms with E-state index >= 15 is 0 Å². The SMILES string of the molecule is CCCNc1cc(-c2ccc(Cl)cc2)[nH]n1. The molecule has 0 unspecified atom stereocenters. The molecule has 0 saturated carbocycles. The highest BCUT2D eigenvalue weighted by Crippen LogP contribution is 2.21. The average Bonchev–Trinajstić information content (AvgIpc) is 2.76. The smallest absolute Gasteiger partial charge is 0.148 e. The fourth-order valence-corrected chi connectivity index (χ4v) is 1.57. The summed E-state index contributed by atoms with van der Waals surface area (Å²) < 4.78 is 0. The Kier molecular flexibility index (Phi) is 3.47. The number of anilines is 1. The number of nitrogens with one attached hydrogen (secondary N) is 2. The molecule has 0 atom stereocenters. The first-order valence-corrected chi connectivity index (χ1v) is 5.72. The van der Waals surface area contributed by atoms with Gasteiger partial charge in [0.15, 0.2) is 0 Å². The van der Waals surface area contributed by atoms with Crippen LogP contribution in [0, 0.1) is 0 Å². The molecule has 16 heavy (non-hydrogen) atoms. The van der Waals surface area contributed by atoms with Crippen molar-refractivity contribution in [2.24, 2.45) is 0 Å². The van der Waals surface area contributed by atoms with Crippen LogP contribution in [0.1, 0.15) is 13.3 Å². The molecule has 0 aliphatic rings. The zero-order valence-electron chi connectivity index (χ0n) is 9.13. The lowest BCUT2D eigenvalue weighted by atomic mass is 10.1. The molecule has 2 rings (SSSR count). The lowest BCUT2D eigenvalue weighted by Crippen LogP contribution is -1.99. The van der Waals surface area contributed by atoms with Gasteiger partial charge in [-0.15, -0.1) is 0 Å². The van der Waals surface area contributed by atoms with Crippen LogP contribution in [-0.4, -0.2) is 16.7 Å². The number of halogens is 1. The minimum atomic E-state index is 0.743. The molecule has 1 aromatic heterocycles. The molecule has 0 amide bonds. The minimum Gasteiger partial charge on any atom is -0.369 e. The van der Waals surface area contributed by atoms with E-state index in [1.54, 1.807) is 0 Å². The molecule has 4 heteroatoms. The highest BCUT2D eigenvalue weighted by molar-refractivity contribution is 6.30. The second kappa shape index (κ2) is 5.03. The number of H-pyrrole nitrogens is 1. The molecule has 0 bridgehead atoms. The zero-order chi connectivity index (χ0) is 11.4. The van der Waals surface area contributed by atoms with Gasteiger partial charge in [0.25, 0.3) is 0 Å². The van der Waals surface area contributed by atoms with Crippen LogP contribution in [-0.2, 0) is 0 Å². The first kappa shape index (κ1) is 11.0. The number of nitrogens with zero attached hydrogens (tertiary/aromatic N) is 1. The number of benzene rings is 1. The van der Waals surface area contributed by atoms with Crippen molar-refractivity contribution in [3.05, 3.63) is 35.4 Å². The second-order valence-electron chi connectivity index (χ2n) is 3.60. The summed E-state index contributed by atoms with van der Waals surface area (Å²) in [6, 6.07) is 9.69. The fraction of sp³-hybridized carbons (Fsp3) is 0.250. The molecule has 2 aromatic rings. The van der Waals surface area contributed by atoms with Crippen molar-refractivity contribution in [1.29, 1.82) is 0 Å². The molecule has 0 radical (unpaired) electrons. The second-order valence-corrected chi connectivity index (χ2v) is 4.04. The van der Waals surface area contributed by atoms with E-state index < -0.39 is 0 Å². The molecule has 0 spiro atoms. The number of rotatable bonds is 4. The summed E-state index contributed by atoms with van der Waals surface area (Å²) in [4.78, 5) is 0. The molecular formula is C12H14ClN3. The molecule has 0 fully saturated rings. The van der Waals surface area contributed by atoms with Crippen molar-refractivity contribution >= 4 is 17.4 Å². The van der Waals surface area contributed by atoms with E-state index in [-0.39, 0.29) is 0 Å². The Bertz CT molecular complexity index is 448. The van der Waals surface area contributed by atoms with Crippen LogP contribution in [0.2, 0.25) is 5.02 Å². The number of aromatic amines is 1. The van der Waals surface area contributed by atoms with Gasteiger partial charge in [-0.2, -0.15) is 5.10 Å². The summed E-state index contributed by atoms with van der Waals surface area (Å²) in [5.74, 6) is 0.881. The third-order valence-electron chi connectivity index (χ3n) is 2.29. The Labute approximate surface area is 99.8 Å². The standard InChI is InChI=1S/C12H14ClN3/c1-2-7-14-12-8-11(15-16-12)9-3-5-10(13)6-4-9/h3-6,8H,2,7H2,1H3,(H2,14,15,16). The van der Waals surface area contributed by atoms with Gasteiger partial charge >= 0.3 is 0 Å². The van der Waals surface area contributed by atoms with Crippen LogP contribution in [0.15, 0.2) is 30.3 Å². The molecule has 2 N–H and O–H groups in total. The van der Waals surface area contributed by atoms with Crippen molar-refractivity contribution in [1.82, 2.24) is 10.2 Å². The van der Waals surface area contributed by atoms with Gasteiger partial charge in [-0.3, -0.25) is 5.10 Å². The third-order valence-corrected chi connectivity index (χ3v) is 2.54. The lowest BCUT2D eigenvalue weighted by Gasteiger charge is -1.97. The summed E-state index contributed by atoms with van der Waals surface area (Å²) in [7, 11) is 0. The summed E-state index contributed by atoms with van der Waals surface area (Å²) in [6.07, 6.45) is 1.09. The van der Waals surface area contributed by atoms with E-state index in [4.69, 9.17) is 11.6 Å². The zero-order valence-corrected chi connectivity index (χ0v) is 9.88. The van der Waals surface area contributed by atoms with E-state index in [0.29, 0.717) is 0 Å². The first-order valence-electron chi connectivity index (χ1n) is 5.35. The van der Waals surface area contributed by atoms with Crippen molar-refractivity contribution in [3.63, 3.8) is 0 Å². The van der Waals surface area contributed by atoms with Gasteiger partial charge in [0.1, 0.15) is 5.82 Å². The molecule has 1 aromatic carbocycles. The maximum absolute atomic E-state index is 5.83. The van der Waals surface area contributed by atoms with Crippen LogP contribution in [0.25, 0.3) is 11.3 Å². The molecule has 0 aliphatic carbocycles. The normalized spacial score (nSPS) is 10.4. The molecule has 0 saturated heterocycles. The highest BCUT2D eigenvalue weighted by Gasteiger charge is 2.02. The van der Waals surface area contributed by atoms with Gasteiger partial charge in [-0.05, 0) is 24.1 Å². The van der Waals surface area contributed by atoms with Crippen LogP contribution in [0.5, 0.6) is 0 Å². The van der Waals surface area contributed by atoms with Gasteiger partial charge in [0.05, 0.1) is 5.69 Å². The first-order chi connectivity index (χ1) is 7.79. The average molecular weight is 236 g/mol. The maximum atomic E-state index is 5.83. The Morgan fingerprint density at radius 3 is 2.75 bits per heavy atom. The van der Waals surface area contributed by atoms with Crippen LogP contribution in [0.4, 0.5) is 5.82 Å². The van der Waals surface area contributed by atoms with Gasteiger partial charge in [-0.25, -0.2) is 0 Å². The monoisotopic (exact) mass is 235 g/mol. The Balaban J connectivity index is 2.15. The largest absolute Gasteiger partial charge is 0.369 e. The van der Waals surface area contributed by atoms with Crippen molar-refractivity contribution in [2.75, 3.05) is 11.9 Å². The van der Waals surface area contributed by atoms with Gasteiger partial charge in [-0.1, -0.05) is 30.7 Å². The third kappa shape index (κ3) is 2.55. The summed E-state index contributed by atoms with van der Waals surface area (Å²) in [6.45, 7) is 3.06. The van der Waals surface area contributed by atoms with Crippen LogP contribution in [0.3, 0.4) is 0 Å². The Hall–Kier alpha value is -1.48. The quantitative estimate of drug-likeness (QED) is 0.851. The minimum absolute atomic E-state index is 0.743. The van der Waals surface area contributed by atoms with E-state index in [0.717, 1.165) is 35.1 Å². The fourth-order valence-electron chi connectivity index (χ4n) is 1.44. The van der Waals surface area contributed by atoms with Gasteiger partial charge in [0.2, 0.25) is 0 Å². The highest BCUT2D eigenvalue weighted by atomic mass is 35.5. The van der Waals surface area contributed by atoms with E-state index in [9.17, 15) is 0 Å².